The molecule has 2 N–H and O–H groups in total. The molecule has 1 aromatic rings. The molecule has 1 fully saturated rings. The topological polar surface area (TPSA) is 49.3 Å². The fourth-order valence-corrected chi connectivity index (χ4v) is 2.50. The lowest BCUT2D eigenvalue weighted by Gasteiger charge is -2.25. The maximum absolute atomic E-state index is 13.0. The third kappa shape index (κ3) is 4.27. The van der Waals surface area contributed by atoms with Gasteiger partial charge in [-0.1, -0.05) is 6.07 Å². The number of halogens is 2. The number of aliphatic hydroxyl groups is 1. The Kier molecular flexibility index (Phi) is 5.06. The van der Waals surface area contributed by atoms with Crippen molar-refractivity contribution in [3.63, 3.8) is 0 Å². The summed E-state index contributed by atoms with van der Waals surface area (Å²) in [5.41, 5.74) is 0.459. The number of rotatable bonds is 4. The lowest BCUT2D eigenvalue weighted by Crippen LogP contribution is -2.33. The van der Waals surface area contributed by atoms with Crippen LogP contribution in [0.5, 0.6) is 0 Å². The fraction of sp³-hybridized carbons (Fsp3) is 0.533. The van der Waals surface area contributed by atoms with E-state index in [1.54, 1.807) is 0 Å². The number of carbonyl (C=O) groups excluding carboxylic acids is 1. The highest BCUT2D eigenvalue weighted by atomic mass is 19.2. The van der Waals surface area contributed by atoms with Gasteiger partial charge in [-0.05, 0) is 49.3 Å². The Hall–Kier alpha value is -1.49. The molecule has 0 unspecified atom stereocenters. The maximum atomic E-state index is 13.0. The number of carbonyl (C=O) groups is 1. The summed E-state index contributed by atoms with van der Waals surface area (Å²) in [6, 6.07) is 3.49. The average molecular weight is 283 g/mol. The normalized spacial score (nSPS) is 22.6. The zero-order valence-electron chi connectivity index (χ0n) is 11.2. The molecule has 110 valence electrons. The van der Waals surface area contributed by atoms with Crippen LogP contribution in [0.3, 0.4) is 0 Å². The first-order valence-electron chi connectivity index (χ1n) is 6.93. The largest absolute Gasteiger partial charge is 0.393 e. The Morgan fingerprint density at radius 2 is 1.90 bits per heavy atom. The van der Waals surface area contributed by atoms with E-state index in [0.717, 1.165) is 37.8 Å². The Balaban J connectivity index is 1.76. The molecule has 0 aromatic heterocycles. The summed E-state index contributed by atoms with van der Waals surface area (Å²) in [4.78, 5) is 11.7. The molecule has 0 spiro atoms. The van der Waals surface area contributed by atoms with Gasteiger partial charge in [0.25, 0.3) is 0 Å². The SMILES string of the molecule is O=C(Cc1ccc(F)c(F)c1)NCC1CCC(O)CC1. The van der Waals surface area contributed by atoms with Crippen molar-refractivity contribution in [2.75, 3.05) is 6.54 Å². The zero-order chi connectivity index (χ0) is 14.5. The Morgan fingerprint density at radius 3 is 2.55 bits per heavy atom. The van der Waals surface area contributed by atoms with E-state index in [0.29, 0.717) is 18.0 Å². The van der Waals surface area contributed by atoms with Crippen molar-refractivity contribution in [3.05, 3.63) is 35.4 Å². The number of amides is 1. The summed E-state index contributed by atoms with van der Waals surface area (Å²) in [5.74, 6) is -1.64. The lowest BCUT2D eigenvalue weighted by molar-refractivity contribution is -0.120. The van der Waals surface area contributed by atoms with E-state index in [2.05, 4.69) is 5.32 Å². The second-order valence-electron chi connectivity index (χ2n) is 5.40. The van der Waals surface area contributed by atoms with Gasteiger partial charge < -0.3 is 10.4 Å². The van der Waals surface area contributed by atoms with Crippen LogP contribution in [0.15, 0.2) is 18.2 Å². The van der Waals surface area contributed by atoms with Crippen LogP contribution >= 0.6 is 0 Å². The molecule has 0 aliphatic heterocycles. The molecule has 0 saturated heterocycles. The van der Waals surface area contributed by atoms with Gasteiger partial charge in [-0.15, -0.1) is 0 Å². The van der Waals surface area contributed by atoms with Crippen molar-refractivity contribution in [1.29, 1.82) is 0 Å². The summed E-state index contributed by atoms with van der Waals surface area (Å²) in [5, 5.41) is 12.2. The summed E-state index contributed by atoms with van der Waals surface area (Å²) in [6.45, 7) is 0.579. The molecule has 3 nitrogen and oxygen atoms in total. The molecule has 1 aliphatic rings. The van der Waals surface area contributed by atoms with Gasteiger partial charge in [0, 0.05) is 6.54 Å². The highest BCUT2D eigenvalue weighted by Gasteiger charge is 2.19. The van der Waals surface area contributed by atoms with Gasteiger partial charge in [-0.2, -0.15) is 0 Å². The third-order valence-corrected chi connectivity index (χ3v) is 3.75. The van der Waals surface area contributed by atoms with Gasteiger partial charge in [0.05, 0.1) is 12.5 Å². The van der Waals surface area contributed by atoms with E-state index in [9.17, 15) is 18.7 Å². The fourth-order valence-electron chi connectivity index (χ4n) is 2.50. The van der Waals surface area contributed by atoms with Crippen molar-refractivity contribution < 1.29 is 18.7 Å². The van der Waals surface area contributed by atoms with Crippen LogP contribution in [0.4, 0.5) is 8.78 Å². The number of hydrogen-bond acceptors (Lipinski definition) is 2. The van der Waals surface area contributed by atoms with E-state index in [4.69, 9.17) is 0 Å². The first-order chi connectivity index (χ1) is 9.54. The minimum absolute atomic E-state index is 0.0482. The molecule has 5 heteroatoms. The van der Waals surface area contributed by atoms with Crippen LogP contribution in [0.1, 0.15) is 31.2 Å². The molecule has 0 atom stereocenters. The van der Waals surface area contributed by atoms with E-state index >= 15 is 0 Å². The van der Waals surface area contributed by atoms with E-state index in [1.165, 1.54) is 6.07 Å². The van der Waals surface area contributed by atoms with Gasteiger partial charge in [0.15, 0.2) is 11.6 Å². The summed E-state index contributed by atoms with van der Waals surface area (Å²) >= 11 is 0. The van der Waals surface area contributed by atoms with Crippen molar-refractivity contribution in [1.82, 2.24) is 5.32 Å². The molecule has 1 aromatic carbocycles. The van der Waals surface area contributed by atoms with E-state index < -0.39 is 11.6 Å². The predicted octanol–water partition coefficient (Wildman–Crippen LogP) is 2.17. The molecule has 2 rings (SSSR count). The summed E-state index contributed by atoms with van der Waals surface area (Å²) in [7, 11) is 0. The first-order valence-corrected chi connectivity index (χ1v) is 6.93. The predicted molar refractivity (Wildman–Crippen MR) is 71.0 cm³/mol. The standard InChI is InChI=1S/C15H19F2NO2/c16-13-6-3-11(7-14(13)17)8-15(20)18-9-10-1-4-12(19)5-2-10/h3,6-7,10,12,19H,1-2,4-5,8-9H2,(H,18,20). The van der Waals surface area contributed by atoms with Crippen molar-refractivity contribution in [2.24, 2.45) is 5.92 Å². The lowest BCUT2D eigenvalue weighted by atomic mass is 9.87. The van der Waals surface area contributed by atoms with Crippen molar-refractivity contribution >= 4 is 5.91 Å². The minimum Gasteiger partial charge on any atom is -0.393 e. The molecule has 0 heterocycles. The molecule has 20 heavy (non-hydrogen) atoms. The molecule has 1 saturated carbocycles. The zero-order valence-corrected chi connectivity index (χ0v) is 11.2. The molecule has 0 bridgehead atoms. The molecular formula is C15H19F2NO2. The highest BCUT2D eigenvalue weighted by Crippen LogP contribution is 2.23. The first kappa shape index (κ1) is 14.9. The number of hydrogen-bond donors (Lipinski definition) is 2. The van der Waals surface area contributed by atoms with Crippen molar-refractivity contribution in [3.8, 4) is 0 Å². The minimum atomic E-state index is -0.934. The monoisotopic (exact) mass is 283 g/mol. The van der Waals surface area contributed by atoms with Crippen LogP contribution < -0.4 is 5.32 Å². The molecule has 1 amide bonds. The highest BCUT2D eigenvalue weighted by molar-refractivity contribution is 5.78. The molecular weight excluding hydrogens is 264 g/mol. The number of aliphatic hydroxyl groups excluding tert-OH is 1. The van der Waals surface area contributed by atoms with Crippen molar-refractivity contribution in [2.45, 2.75) is 38.2 Å². The maximum Gasteiger partial charge on any atom is 0.224 e. The van der Waals surface area contributed by atoms with Gasteiger partial charge >= 0.3 is 0 Å². The summed E-state index contributed by atoms with van der Waals surface area (Å²) < 4.78 is 25.8. The van der Waals surface area contributed by atoms with Gasteiger partial charge in [0.2, 0.25) is 5.91 Å². The number of benzene rings is 1. The molecule has 0 radical (unpaired) electrons. The van der Waals surface area contributed by atoms with Crippen LogP contribution in [-0.4, -0.2) is 23.7 Å². The third-order valence-electron chi connectivity index (χ3n) is 3.75. The van der Waals surface area contributed by atoms with Crippen LogP contribution in [0.25, 0.3) is 0 Å². The van der Waals surface area contributed by atoms with Crippen LogP contribution in [0.2, 0.25) is 0 Å². The Labute approximate surface area is 117 Å². The second-order valence-corrected chi connectivity index (χ2v) is 5.40. The van der Waals surface area contributed by atoms with Crippen LogP contribution in [0, 0.1) is 17.6 Å². The van der Waals surface area contributed by atoms with Gasteiger partial charge in [-0.25, -0.2) is 8.78 Å². The average Bonchev–Trinajstić information content (AvgIpc) is 2.42. The van der Waals surface area contributed by atoms with Crippen LogP contribution in [-0.2, 0) is 11.2 Å². The van der Waals surface area contributed by atoms with Gasteiger partial charge in [0.1, 0.15) is 0 Å². The number of nitrogens with one attached hydrogen (secondary N) is 1. The molecule has 1 aliphatic carbocycles. The Morgan fingerprint density at radius 1 is 1.20 bits per heavy atom. The van der Waals surface area contributed by atoms with Gasteiger partial charge in [-0.3, -0.25) is 4.79 Å². The van der Waals surface area contributed by atoms with E-state index in [1.807, 2.05) is 0 Å². The Bertz CT molecular complexity index is 471. The second kappa shape index (κ2) is 6.79. The summed E-state index contributed by atoms with van der Waals surface area (Å²) in [6.07, 6.45) is 3.23. The van der Waals surface area contributed by atoms with E-state index in [-0.39, 0.29) is 18.4 Å². The smallest absolute Gasteiger partial charge is 0.224 e. The quantitative estimate of drug-likeness (QED) is 0.889.